The molecule has 0 atom stereocenters. The summed E-state index contributed by atoms with van der Waals surface area (Å²) in [4.78, 5) is 11.3. The van der Waals surface area contributed by atoms with Crippen LogP contribution < -0.4 is 0 Å². The fraction of sp³-hybridized carbons (Fsp3) is 0.125. The van der Waals surface area contributed by atoms with Crippen LogP contribution in [0.1, 0.15) is 11.3 Å². The second kappa shape index (κ2) is 6.40. The van der Waals surface area contributed by atoms with Gasteiger partial charge in [-0.3, -0.25) is 0 Å². The zero-order chi connectivity index (χ0) is 17.0. The number of carbonyl (C=O) groups excluding carboxylic acids is 1. The monoisotopic (exact) mass is 321 g/mol. The summed E-state index contributed by atoms with van der Waals surface area (Å²) in [6.45, 7) is 0. The molecule has 0 unspecified atom stereocenters. The number of esters is 1. The van der Waals surface area contributed by atoms with Gasteiger partial charge < -0.3 is 9.15 Å². The van der Waals surface area contributed by atoms with Crippen molar-refractivity contribution in [2.24, 2.45) is 0 Å². The van der Waals surface area contributed by atoms with Crippen molar-refractivity contribution in [2.45, 2.75) is 6.18 Å². The number of halogens is 3. The molecular formula is C16H10F3NO3. The Bertz CT molecular complexity index is 797. The number of alkyl halides is 3. The highest BCUT2D eigenvalue weighted by molar-refractivity contribution is 5.97. The van der Waals surface area contributed by atoms with Crippen molar-refractivity contribution in [1.29, 1.82) is 5.26 Å². The first-order valence-corrected chi connectivity index (χ1v) is 6.32. The Balaban J connectivity index is 2.35. The summed E-state index contributed by atoms with van der Waals surface area (Å²) in [5.74, 6) is -0.492. The number of ether oxygens (including phenoxy) is 1. The third kappa shape index (κ3) is 3.80. The number of benzene rings is 1. The van der Waals surface area contributed by atoms with Crippen LogP contribution in [0, 0.1) is 11.3 Å². The SMILES string of the molecule is COC(=O)/C(C#N)=C/c1ccc(-c2cccc(C(F)(F)F)c2)o1. The van der Waals surface area contributed by atoms with Crippen molar-refractivity contribution in [3.05, 3.63) is 53.3 Å². The van der Waals surface area contributed by atoms with E-state index < -0.39 is 17.7 Å². The minimum Gasteiger partial charge on any atom is -0.465 e. The Labute approximate surface area is 129 Å². The molecule has 23 heavy (non-hydrogen) atoms. The third-order valence-electron chi connectivity index (χ3n) is 2.91. The molecule has 118 valence electrons. The molecule has 0 radical (unpaired) electrons. The summed E-state index contributed by atoms with van der Waals surface area (Å²) in [5, 5.41) is 8.85. The number of hydrogen-bond donors (Lipinski definition) is 0. The molecule has 1 aromatic carbocycles. The van der Waals surface area contributed by atoms with Crippen molar-refractivity contribution in [2.75, 3.05) is 7.11 Å². The van der Waals surface area contributed by atoms with Gasteiger partial charge in [-0.05, 0) is 24.3 Å². The number of hydrogen-bond acceptors (Lipinski definition) is 4. The summed E-state index contributed by atoms with van der Waals surface area (Å²) in [7, 11) is 1.13. The highest BCUT2D eigenvalue weighted by atomic mass is 19.4. The Kier molecular flexibility index (Phi) is 4.55. The minimum absolute atomic E-state index is 0.152. The van der Waals surface area contributed by atoms with Crippen LogP contribution in [0.5, 0.6) is 0 Å². The van der Waals surface area contributed by atoms with Gasteiger partial charge in [0.15, 0.2) is 0 Å². The van der Waals surface area contributed by atoms with E-state index in [1.54, 1.807) is 6.07 Å². The van der Waals surface area contributed by atoms with E-state index >= 15 is 0 Å². The van der Waals surface area contributed by atoms with Crippen molar-refractivity contribution >= 4 is 12.0 Å². The second-order valence-electron chi connectivity index (χ2n) is 4.44. The summed E-state index contributed by atoms with van der Waals surface area (Å²) in [6.07, 6.45) is -3.30. The fourth-order valence-corrected chi connectivity index (χ4v) is 1.82. The van der Waals surface area contributed by atoms with Gasteiger partial charge in [-0.15, -0.1) is 0 Å². The van der Waals surface area contributed by atoms with Gasteiger partial charge in [-0.2, -0.15) is 18.4 Å². The topological polar surface area (TPSA) is 63.2 Å². The van der Waals surface area contributed by atoms with E-state index in [-0.39, 0.29) is 22.7 Å². The summed E-state index contributed by atoms with van der Waals surface area (Å²) >= 11 is 0. The van der Waals surface area contributed by atoms with Crippen LogP contribution in [0.3, 0.4) is 0 Å². The molecule has 0 aliphatic carbocycles. The summed E-state index contributed by atoms with van der Waals surface area (Å²) in [5.41, 5.74) is -0.843. The molecule has 1 aromatic heterocycles. The molecule has 4 nitrogen and oxygen atoms in total. The van der Waals surface area contributed by atoms with E-state index in [1.165, 1.54) is 24.3 Å². The maximum atomic E-state index is 12.7. The summed E-state index contributed by atoms with van der Waals surface area (Å²) in [6, 6.07) is 9.20. The van der Waals surface area contributed by atoms with E-state index in [9.17, 15) is 18.0 Å². The number of nitriles is 1. The van der Waals surface area contributed by atoms with Crippen LogP contribution in [0.4, 0.5) is 13.2 Å². The molecule has 0 N–H and O–H groups in total. The molecule has 1 heterocycles. The Morgan fingerprint density at radius 3 is 2.65 bits per heavy atom. The van der Waals surface area contributed by atoms with Gasteiger partial charge >= 0.3 is 12.1 Å². The largest absolute Gasteiger partial charge is 0.465 e. The van der Waals surface area contributed by atoms with Crippen LogP contribution in [0.25, 0.3) is 17.4 Å². The lowest BCUT2D eigenvalue weighted by molar-refractivity contribution is -0.137. The lowest BCUT2D eigenvalue weighted by atomic mass is 10.1. The number of methoxy groups -OCH3 is 1. The van der Waals surface area contributed by atoms with Crippen LogP contribution in [0.2, 0.25) is 0 Å². The van der Waals surface area contributed by atoms with Gasteiger partial charge in [0.2, 0.25) is 0 Å². The van der Waals surface area contributed by atoms with Crippen molar-refractivity contribution < 1.29 is 27.1 Å². The first kappa shape index (κ1) is 16.4. The smallest absolute Gasteiger partial charge is 0.416 e. The fourth-order valence-electron chi connectivity index (χ4n) is 1.82. The molecule has 0 aliphatic rings. The van der Waals surface area contributed by atoms with E-state index in [0.29, 0.717) is 0 Å². The first-order valence-electron chi connectivity index (χ1n) is 6.32. The van der Waals surface area contributed by atoms with Gasteiger partial charge in [-0.1, -0.05) is 12.1 Å². The maximum Gasteiger partial charge on any atom is 0.416 e. The quantitative estimate of drug-likeness (QED) is 0.486. The van der Waals surface area contributed by atoms with Crippen LogP contribution in [-0.2, 0) is 15.7 Å². The highest BCUT2D eigenvalue weighted by Crippen LogP contribution is 2.32. The molecule has 0 bridgehead atoms. The number of carbonyl (C=O) groups is 1. The molecule has 0 amide bonds. The van der Waals surface area contributed by atoms with Gasteiger partial charge in [0.25, 0.3) is 0 Å². The van der Waals surface area contributed by atoms with Gasteiger partial charge in [0, 0.05) is 11.6 Å². The van der Waals surface area contributed by atoms with Crippen LogP contribution >= 0.6 is 0 Å². The zero-order valence-electron chi connectivity index (χ0n) is 11.8. The summed E-state index contributed by atoms with van der Waals surface area (Å²) < 4.78 is 47.9. The lowest BCUT2D eigenvalue weighted by Crippen LogP contribution is -2.04. The van der Waals surface area contributed by atoms with Gasteiger partial charge in [0.1, 0.15) is 23.2 Å². The molecule has 0 saturated heterocycles. The van der Waals surface area contributed by atoms with Crippen LogP contribution in [-0.4, -0.2) is 13.1 Å². The standard InChI is InChI=1S/C16H10F3NO3/c1-22-15(21)11(9-20)8-13-5-6-14(23-13)10-3-2-4-12(7-10)16(17,18)19/h2-8H,1H3/b11-8+. The van der Waals surface area contributed by atoms with E-state index in [2.05, 4.69) is 4.74 Å². The maximum absolute atomic E-state index is 12.7. The Morgan fingerprint density at radius 2 is 2.04 bits per heavy atom. The number of nitrogens with zero attached hydrogens (tertiary/aromatic N) is 1. The predicted octanol–water partition coefficient (Wildman–Crippen LogP) is 4.05. The van der Waals surface area contributed by atoms with Gasteiger partial charge in [0.05, 0.1) is 12.7 Å². The molecule has 0 fully saturated rings. The van der Waals surface area contributed by atoms with Gasteiger partial charge in [-0.25, -0.2) is 4.79 Å². The average molecular weight is 321 g/mol. The molecule has 2 rings (SSSR count). The molecule has 0 saturated carbocycles. The normalized spacial score (nSPS) is 11.9. The number of rotatable bonds is 3. The third-order valence-corrected chi connectivity index (χ3v) is 2.91. The molecule has 2 aromatic rings. The minimum atomic E-state index is -4.45. The molecule has 0 spiro atoms. The Hall–Kier alpha value is -3.01. The second-order valence-corrected chi connectivity index (χ2v) is 4.44. The van der Waals surface area contributed by atoms with E-state index in [1.807, 2.05) is 0 Å². The van der Waals surface area contributed by atoms with E-state index in [4.69, 9.17) is 9.68 Å². The lowest BCUT2D eigenvalue weighted by Gasteiger charge is -2.07. The average Bonchev–Trinajstić information content (AvgIpc) is 3.00. The molecule has 7 heteroatoms. The molecule has 0 aliphatic heterocycles. The van der Waals surface area contributed by atoms with Crippen molar-refractivity contribution in [3.63, 3.8) is 0 Å². The first-order chi connectivity index (χ1) is 10.8. The predicted molar refractivity (Wildman–Crippen MR) is 74.8 cm³/mol. The van der Waals surface area contributed by atoms with Crippen LogP contribution in [0.15, 0.2) is 46.4 Å². The Morgan fingerprint density at radius 1 is 1.30 bits per heavy atom. The zero-order valence-corrected chi connectivity index (χ0v) is 11.8. The van der Waals surface area contributed by atoms with E-state index in [0.717, 1.165) is 25.3 Å². The number of furan rings is 1. The molecular weight excluding hydrogens is 311 g/mol. The van der Waals surface area contributed by atoms with Crippen molar-refractivity contribution in [1.82, 2.24) is 0 Å². The van der Waals surface area contributed by atoms with Crippen molar-refractivity contribution in [3.8, 4) is 17.4 Å². The highest BCUT2D eigenvalue weighted by Gasteiger charge is 2.30.